The fourth-order valence-corrected chi connectivity index (χ4v) is 5.23. The molecule has 0 saturated carbocycles. The number of halogens is 1. The summed E-state index contributed by atoms with van der Waals surface area (Å²) in [5.41, 5.74) is -0.134. The zero-order valence-electron chi connectivity index (χ0n) is 16.1. The van der Waals surface area contributed by atoms with Gasteiger partial charge in [0.25, 0.3) is 0 Å². The van der Waals surface area contributed by atoms with E-state index in [0.29, 0.717) is 35.8 Å². The van der Waals surface area contributed by atoms with E-state index in [1.165, 1.54) is 12.1 Å². The average molecular weight is 449 g/mol. The van der Waals surface area contributed by atoms with Crippen LogP contribution in [0.4, 0.5) is 0 Å². The van der Waals surface area contributed by atoms with Crippen LogP contribution in [-0.2, 0) is 14.8 Å². The van der Waals surface area contributed by atoms with Gasteiger partial charge in [-0.15, -0.1) is 0 Å². The molecule has 1 atom stereocenters. The van der Waals surface area contributed by atoms with Crippen molar-refractivity contribution < 1.29 is 22.7 Å². The summed E-state index contributed by atoms with van der Waals surface area (Å²) in [5.74, 6) is 0.383. The van der Waals surface area contributed by atoms with Crippen LogP contribution < -0.4 is 9.46 Å². The van der Waals surface area contributed by atoms with Crippen LogP contribution in [0.1, 0.15) is 29.6 Å². The summed E-state index contributed by atoms with van der Waals surface area (Å²) in [6.07, 6.45) is 0.808. The lowest BCUT2D eigenvalue weighted by molar-refractivity contribution is -0.130. The van der Waals surface area contributed by atoms with Crippen molar-refractivity contribution in [3.05, 3.63) is 59.1 Å². The maximum Gasteiger partial charge on any atom is 0.240 e. The van der Waals surface area contributed by atoms with Gasteiger partial charge >= 0.3 is 0 Å². The highest BCUT2D eigenvalue weighted by Gasteiger charge is 2.46. The summed E-state index contributed by atoms with van der Waals surface area (Å²) < 4.78 is 33.2. The Labute approximate surface area is 180 Å². The van der Waals surface area contributed by atoms with Crippen molar-refractivity contribution >= 4 is 33.3 Å². The van der Waals surface area contributed by atoms with E-state index in [-0.39, 0.29) is 36.0 Å². The topological polar surface area (TPSA) is 92.8 Å². The SMILES string of the molecule is O=C1CC2(CCN(C(=O)CCNS(=O)(=O)c3cccc(Cl)c3)C2)Oc2ccccc21. The monoisotopic (exact) mass is 448 g/mol. The van der Waals surface area contributed by atoms with Gasteiger partial charge in [-0.2, -0.15) is 0 Å². The van der Waals surface area contributed by atoms with E-state index < -0.39 is 15.6 Å². The van der Waals surface area contributed by atoms with E-state index in [4.69, 9.17) is 16.3 Å². The molecule has 2 aliphatic heterocycles. The third-order valence-electron chi connectivity index (χ3n) is 5.40. The van der Waals surface area contributed by atoms with Gasteiger partial charge in [0.15, 0.2) is 5.78 Å². The Bertz CT molecular complexity index is 1100. The molecule has 0 aliphatic carbocycles. The highest BCUT2D eigenvalue weighted by Crippen LogP contribution is 2.38. The number of hydrogen-bond donors (Lipinski definition) is 1. The summed E-state index contributed by atoms with van der Waals surface area (Å²) in [6.45, 7) is 0.752. The summed E-state index contributed by atoms with van der Waals surface area (Å²) in [5, 5.41) is 0.319. The van der Waals surface area contributed by atoms with Crippen LogP contribution in [0, 0.1) is 0 Å². The number of likely N-dealkylation sites (tertiary alicyclic amines) is 1. The van der Waals surface area contributed by atoms with E-state index in [1.54, 1.807) is 35.2 Å². The second-order valence-corrected chi connectivity index (χ2v) is 9.76. The Kier molecular flexibility index (Phi) is 5.57. The number of amides is 1. The molecule has 0 radical (unpaired) electrons. The van der Waals surface area contributed by atoms with Gasteiger partial charge in [0, 0.05) is 31.0 Å². The highest BCUT2D eigenvalue weighted by atomic mass is 35.5. The first-order chi connectivity index (χ1) is 14.3. The third-order valence-corrected chi connectivity index (χ3v) is 7.10. The van der Waals surface area contributed by atoms with Crippen molar-refractivity contribution in [3.8, 4) is 5.75 Å². The Hall–Kier alpha value is -2.42. The molecule has 2 heterocycles. The van der Waals surface area contributed by atoms with Crippen LogP contribution in [0.25, 0.3) is 0 Å². The number of rotatable bonds is 5. The minimum Gasteiger partial charge on any atom is -0.484 e. The minimum absolute atomic E-state index is 0.0143. The second kappa shape index (κ2) is 8.02. The van der Waals surface area contributed by atoms with Crippen molar-refractivity contribution in [1.29, 1.82) is 0 Å². The number of nitrogens with one attached hydrogen (secondary N) is 1. The fraction of sp³-hybridized carbons (Fsp3) is 0.333. The number of sulfonamides is 1. The molecule has 2 aromatic carbocycles. The number of carbonyl (C=O) groups is 2. The molecular formula is C21H21ClN2O5S. The zero-order valence-corrected chi connectivity index (χ0v) is 17.7. The van der Waals surface area contributed by atoms with Crippen LogP contribution in [0.15, 0.2) is 53.4 Å². The molecule has 1 unspecified atom stereocenters. The smallest absolute Gasteiger partial charge is 0.240 e. The highest BCUT2D eigenvalue weighted by molar-refractivity contribution is 7.89. The van der Waals surface area contributed by atoms with Gasteiger partial charge in [0.2, 0.25) is 15.9 Å². The molecular weight excluding hydrogens is 428 g/mol. The predicted molar refractivity (Wildman–Crippen MR) is 111 cm³/mol. The third kappa shape index (κ3) is 4.21. The number of fused-ring (bicyclic) bond motifs is 1. The number of carbonyl (C=O) groups excluding carboxylic acids is 2. The lowest BCUT2D eigenvalue weighted by atomic mass is 9.89. The van der Waals surface area contributed by atoms with Gasteiger partial charge in [-0.05, 0) is 30.3 Å². The van der Waals surface area contributed by atoms with Gasteiger partial charge in [-0.3, -0.25) is 9.59 Å². The van der Waals surface area contributed by atoms with Crippen molar-refractivity contribution in [1.82, 2.24) is 9.62 Å². The first-order valence-corrected chi connectivity index (χ1v) is 11.5. The molecule has 30 heavy (non-hydrogen) atoms. The molecule has 7 nitrogen and oxygen atoms in total. The van der Waals surface area contributed by atoms with Gasteiger partial charge in [-0.25, -0.2) is 13.1 Å². The molecule has 1 N–H and O–H groups in total. The van der Waals surface area contributed by atoms with Gasteiger partial charge in [0.05, 0.1) is 23.4 Å². The lowest BCUT2D eigenvalue weighted by Gasteiger charge is -2.34. The van der Waals surface area contributed by atoms with Crippen molar-refractivity contribution in [3.63, 3.8) is 0 Å². The summed E-state index contributed by atoms with van der Waals surface area (Å²) in [7, 11) is -3.74. The van der Waals surface area contributed by atoms with Crippen LogP contribution in [0.3, 0.4) is 0 Å². The summed E-state index contributed by atoms with van der Waals surface area (Å²) in [6, 6.07) is 13.1. The Morgan fingerprint density at radius 2 is 2.00 bits per heavy atom. The van der Waals surface area contributed by atoms with Gasteiger partial charge in [-0.1, -0.05) is 29.8 Å². The quantitative estimate of drug-likeness (QED) is 0.759. The Morgan fingerprint density at radius 1 is 1.20 bits per heavy atom. The average Bonchev–Trinajstić information content (AvgIpc) is 3.11. The molecule has 158 valence electrons. The van der Waals surface area contributed by atoms with Crippen LogP contribution in [0.5, 0.6) is 5.75 Å². The zero-order chi connectivity index (χ0) is 21.4. The Balaban J connectivity index is 1.34. The molecule has 2 aliphatic rings. The van der Waals surface area contributed by atoms with Gasteiger partial charge in [0.1, 0.15) is 11.4 Å². The number of nitrogens with zero attached hydrogens (tertiary/aromatic N) is 1. The van der Waals surface area contributed by atoms with E-state index in [0.717, 1.165) is 0 Å². The number of benzene rings is 2. The molecule has 1 amide bonds. The molecule has 4 rings (SSSR count). The normalized spacial score (nSPS) is 20.8. The van der Waals surface area contributed by atoms with E-state index in [1.807, 2.05) is 6.07 Å². The molecule has 1 saturated heterocycles. The number of ketones is 1. The van der Waals surface area contributed by atoms with E-state index in [9.17, 15) is 18.0 Å². The molecule has 9 heteroatoms. The second-order valence-electron chi connectivity index (χ2n) is 7.55. The van der Waals surface area contributed by atoms with Crippen LogP contribution in [0.2, 0.25) is 5.02 Å². The molecule has 1 spiro atoms. The maximum atomic E-state index is 12.6. The number of para-hydroxylation sites is 1. The maximum absolute atomic E-state index is 12.6. The summed E-state index contributed by atoms with van der Waals surface area (Å²) >= 11 is 5.85. The number of hydrogen-bond acceptors (Lipinski definition) is 5. The Morgan fingerprint density at radius 3 is 2.80 bits per heavy atom. The molecule has 1 fully saturated rings. The minimum atomic E-state index is -3.74. The lowest BCUT2D eigenvalue weighted by Crippen LogP contribution is -2.45. The molecule has 0 aromatic heterocycles. The largest absolute Gasteiger partial charge is 0.484 e. The van der Waals surface area contributed by atoms with Crippen LogP contribution >= 0.6 is 11.6 Å². The predicted octanol–water partition coefficient (Wildman–Crippen LogP) is 2.64. The van der Waals surface area contributed by atoms with Crippen molar-refractivity contribution in [2.45, 2.75) is 29.8 Å². The first-order valence-electron chi connectivity index (χ1n) is 9.62. The van der Waals surface area contributed by atoms with E-state index >= 15 is 0 Å². The molecule has 0 bridgehead atoms. The van der Waals surface area contributed by atoms with Crippen molar-refractivity contribution in [2.75, 3.05) is 19.6 Å². The van der Waals surface area contributed by atoms with Crippen molar-refractivity contribution in [2.24, 2.45) is 0 Å². The van der Waals surface area contributed by atoms with Crippen LogP contribution in [-0.4, -0.2) is 50.2 Å². The first kappa shape index (κ1) is 20.8. The number of Topliss-reactive ketones (excluding diaryl/α,β-unsaturated/α-hetero) is 1. The molecule has 2 aromatic rings. The summed E-state index contributed by atoms with van der Waals surface area (Å²) in [4.78, 5) is 26.8. The fourth-order valence-electron chi connectivity index (χ4n) is 3.90. The van der Waals surface area contributed by atoms with Gasteiger partial charge < -0.3 is 9.64 Å². The number of ether oxygens (including phenoxy) is 1. The standard InChI is InChI=1S/C21H21ClN2O5S/c22-15-4-3-5-16(12-15)30(27,28)23-10-8-20(26)24-11-9-21(14-24)13-18(25)17-6-1-2-7-19(17)29-21/h1-7,12,23H,8-11,13-14H2. The van der Waals surface area contributed by atoms with E-state index in [2.05, 4.69) is 4.72 Å².